The number of hydrogen-bond acceptors (Lipinski definition) is 5. The highest BCUT2D eigenvalue weighted by molar-refractivity contribution is 7.90. The molecule has 0 aliphatic heterocycles. The molecule has 0 saturated heterocycles. The quantitative estimate of drug-likeness (QED) is 0.321. The highest BCUT2D eigenvalue weighted by Crippen LogP contribution is 2.17. The van der Waals surface area contributed by atoms with E-state index >= 15 is 0 Å². The van der Waals surface area contributed by atoms with Crippen LogP contribution in [-0.2, 0) is 10.0 Å². The zero-order chi connectivity index (χ0) is 16.3. The maximum atomic E-state index is 12.5. The van der Waals surface area contributed by atoms with Crippen LogP contribution < -0.4 is 17.2 Å². The summed E-state index contributed by atoms with van der Waals surface area (Å²) >= 11 is 0. The van der Waals surface area contributed by atoms with Crippen molar-refractivity contribution in [1.29, 1.82) is 0 Å². The number of nitrogens with two attached hydrogens (primary N) is 3. The Morgan fingerprint density at radius 3 is 2.32 bits per heavy atom. The minimum Gasteiger partial charge on any atom is -0.399 e. The fourth-order valence-electron chi connectivity index (χ4n) is 1.69. The summed E-state index contributed by atoms with van der Waals surface area (Å²) < 4.78 is 26.0. The van der Waals surface area contributed by atoms with Gasteiger partial charge in [-0.1, -0.05) is 0 Å². The lowest BCUT2D eigenvalue weighted by Gasteiger charge is -2.05. The van der Waals surface area contributed by atoms with Gasteiger partial charge >= 0.3 is 0 Å². The van der Waals surface area contributed by atoms with Crippen LogP contribution in [0.15, 0.2) is 57.8 Å². The summed E-state index contributed by atoms with van der Waals surface area (Å²) in [5.41, 5.74) is 17.5. The smallest absolute Gasteiger partial charge is 0.267 e. The summed E-state index contributed by atoms with van der Waals surface area (Å²) in [6.45, 7) is 1.67. The van der Waals surface area contributed by atoms with Gasteiger partial charge in [0.1, 0.15) is 0 Å². The molecule has 0 fully saturated rings. The van der Waals surface area contributed by atoms with Crippen LogP contribution in [-0.4, -0.2) is 24.1 Å². The van der Waals surface area contributed by atoms with Crippen LogP contribution in [0.25, 0.3) is 0 Å². The molecule has 0 atom stereocenters. The maximum absolute atomic E-state index is 12.5. The number of rotatable bonds is 4. The molecule has 2 rings (SSSR count). The van der Waals surface area contributed by atoms with Crippen molar-refractivity contribution in [3.05, 3.63) is 48.3 Å². The second kappa shape index (κ2) is 5.90. The molecule has 0 radical (unpaired) electrons. The number of hydrogen-bond donors (Lipinski definition) is 3. The van der Waals surface area contributed by atoms with Gasteiger partial charge in [-0.25, -0.2) is 12.4 Å². The van der Waals surface area contributed by atoms with Crippen LogP contribution in [0.3, 0.4) is 0 Å². The molecule has 0 aliphatic rings. The van der Waals surface area contributed by atoms with Crippen molar-refractivity contribution in [2.75, 3.05) is 5.73 Å². The van der Waals surface area contributed by atoms with Crippen LogP contribution in [0, 0.1) is 0 Å². The van der Waals surface area contributed by atoms with E-state index in [0.29, 0.717) is 17.0 Å². The third-order valence-electron chi connectivity index (χ3n) is 2.86. The van der Waals surface area contributed by atoms with E-state index in [1.54, 1.807) is 13.0 Å². The SMILES string of the molecule is C/C(=N\N=C(N)N)c1ccn(S(=O)(=O)c2ccc(N)cc2)c1. The summed E-state index contributed by atoms with van der Waals surface area (Å²) in [6, 6.07) is 7.57. The Morgan fingerprint density at radius 1 is 1.09 bits per heavy atom. The molecule has 0 bridgehead atoms. The Kier molecular flexibility index (Phi) is 4.18. The summed E-state index contributed by atoms with van der Waals surface area (Å²) in [4.78, 5) is 0.141. The predicted molar refractivity (Wildman–Crippen MR) is 85.9 cm³/mol. The van der Waals surface area contributed by atoms with Gasteiger partial charge in [0.25, 0.3) is 10.0 Å². The molecule has 1 aromatic heterocycles. The highest BCUT2D eigenvalue weighted by Gasteiger charge is 2.17. The van der Waals surface area contributed by atoms with E-state index < -0.39 is 10.0 Å². The zero-order valence-electron chi connectivity index (χ0n) is 11.8. The average Bonchev–Trinajstić information content (AvgIpc) is 2.95. The fraction of sp³-hybridized carbons (Fsp3) is 0.0769. The van der Waals surface area contributed by atoms with E-state index in [0.717, 1.165) is 3.97 Å². The summed E-state index contributed by atoms with van der Waals surface area (Å²) in [5, 5.41) is 7.33. The molecule has 0 unspecified atom stereocenters. The first-order chi connectivity index (χ1) is 10.3. The van der Waals surface area contributed by atoms with E-state index in [4.69, 9.17) is 17.2 Å². The number of aromatic nitrogens is 1. The van der Waals surface area contributed by atoms with Crippen LogP contribution in [0.1, 0.15) is 12.5 Å². The molecular formula is C13H16N6O2S. The van der Waals surface area contributed by atoms with Crippen molar-refractivity contribution in [3.8, 4) is 0 Å². The van der Waals surface area contributed by atoms with Gasteiger partial charge in [-0.05, 0) is 37.3 Å². The molecule has 1 aromatic carbocycles. The van der Waals surface area contributed by atoms with Crippen molar-refractivity contribution in [2.45, 2.75) is 11.8 Å². The van der Waals surface area contributed by atoms with E-state index in [-0.39, 0.29) is 10.9 Å². The standard InChI is InChI=1S/C13H16N6O2S/c1-9(17-18-13(15)16)10-6-7-19(8-10)22(20,21)12-4-2-11(14)3-5-12/h2-8H,14H2,1H3,(H4,15,16,18)/b17-9+. The highest BCUT2D eigenvalue weighted by atomic mass is 32.2. The lowest BCUT2D eigenvalue weighted by Crippen LogP contribution is -2.22. The molecule has 0 spiro atoms. The molecule has 0 aliphatic carbocycles. The molecule has 0 saturated carbocycles. The molecule has 22 heavy (non-hydrogen) atoms. The Hall–Kier alpha value is -2.81. The number of anilines is 1. The van der Waals surface area contributed by atoms with E-state index in [2.05, 4.69) is 10.2 Å². The molecule has 2 aromatic rings. The van der Waals surface area contributed by atoms with Gasteiger partial charge in [0.2, 0.25) is 5.96 Å². The lowest BCUT2D eigenvalue weighted by molar-refractivity contribution is 0.587. The Balaban J connectivity index is 2.37. The second-order valence-electron chi connectivity index (χ2n) is 4.51. The summed E-state index contributed by atoms with van der Waals surface area (Å²) in [5.74, 6) is -0.173. The molecule has 116 valence electrons. The number of nitrogen functional groups attached to an aromatic ring is 1. The van der Waals surface area contributed by atoms with Crippen LogP contribution in [0.2, 0.25) is 0 Å². The van der Waals surface area contributed by atoms with Crippen LogP contribution >= 0.6 is 0 Å². The monoisotopic (exact) mass is 320 g/mol. The van der Waals surface area contributed by atoms with E-state index in [9.17, 15) is 8.42 Å². The van der Waals surface area contributed by atoms with Crippen LogP contribution in [0.5, 0.6) is 0 Å². The summed E-state index contributed by atoms with van der Waals surface area (Å²) in [7, 11) is -3.68. The molecule has 6 N–H and O–H groups in total. The Labute approximate surface area is 128 Å². The normalized spacial score (nSPS) is 12.1. The minimum atomic E-state index is -3.68. The second-order valence-corrected chi connectivity index (χ2v) is 6.36. The van der Waals surface area contributed by atoms with Crippen molar-refractivity contribution >= 4 is 27.4 Å². The Morgan fingerprint density at radius 2 is 1.73 bits per heavy atom. The molecular weight excluding hydrogens is 304 g/mol. The predicted octanol–water partition coefficient (Wildman–Crippen LogP) is 0.305. The zero-order valence-corrected chi connectivity index (χ0v) is 12.7. The first-order valence-corrected chi connectivity index (χ1v) is 7.67. The van der Waals surface area contributed by atoms with Gasteiger partial charge in [-0.15, -0.1) is 5.10 Å². The third-order valence-corrected chi connectivity index (χ3v) is 4.51. The van der Waals surface area contributed by atoms with Gasteiger partial charge in [0.05, 0.1) is 10.6 Å². The number of nitrogens with zero attached hydrogens (tertiary/aromatic N) is 3. The average molecular weight is 320 g/mol. The minimum absolute atomic E-state index is 0.141. The third kappa shape index (κ3) is 3.26. The number of guanidine groups is 1. The topological polar surface area (TPSA) is 142 Å². The van der Waals surface area contributed by atoms with Gasteiger partial charge in [0.15, 0.2) is 0 Å². The van der Waals surface area contributed by atoms with Crippen LogP contribution in [0.4, 0.5) is 5.69 Å². The summed E-state index contributed by atoms with van der Waals surface area (Å²) in [6.07, 6.45) is 2.86. The van der Waals surface area contributed by atoms with Crippen molar-refractivity contribution < 1.29 is 8.42 Å². The first-order valence-electron chi connectivity index (χ1n) is 6.23. The van der Waals surface area contributed by atoms with Gasteiger partial charge in [-0.3, -0.25) is 0 Å². The first kappa shape index (κ1) is 15.6. The molecule has 0 amide bonds. The lowest BCUT2D eigenvalue weighted by atomic mass is 10.2. The van der Waals surface area contributed by atoms with Crippen molar-refractivity contribution in [3.63, 3.8) is 0 Å². The maximum Gasteiger partial charge on any atom is 0.267 e. The number of benzene rings is 1. The van der Waals surface area contributed by atoms with E-state index in [1.165, 1.54) is 36.7 Å². The van der Waals surface area contributed by atoms with Gasteiger partial charge in [0, 0.05) is 23.6 Å². The van der Waals surface area contributed by atoms with Gasteiger partial charge < -0.3 is 17.2 Å². The largest absolute Gasteiger partial charge is 0.399 e. The fourth-order valence-corrected chi connectivity index (χ4v) is 2.89. The molecule has 9 heteroatoms. The molecule has 1 heterocycles. The van der Waals surface area contributed by atoms with Gasteiger partial charge in [-0.2, -0.15) is 5.10 Å². The Bertz CT molecular complexity index is 830. The van der Waals surface area contributed by atoms with E-state index in [1.807, 2.05) is 0 Å². The van der Waals surface area contributed by atoms with Crippen molar-refractivity contribution in [1.82, 2.24) is 3.97 Å². The molecule has 8 nitrogen and oxygen atoms in total. The van der Waals surface area contributed by atoms with Crippen molar-refractivity contribution in [2.24, 2.45) is 21.7 Å².